The van der Waals surface area contributed by atoms with Crippen molar-refractivity contribution < 1.29 is 13.9 Å². The molecule has 1 saturated heterocycles. The third-order valence-corrected chi connectivity index (χ3v) is 4.54. The summed E-state index contributed by atoms with van der Waals surface area (Å²) in [5, 5.41) is 10.6. The predicted molar refractivity (Wildman–Crippen MR) is 81.5 cm³/mol. The first kappa shape index (κ1) is 15.1. The Bertz CT molecular complexity index is 661. The van der Waals surface area contributed by atoms with E-state index in [9.17, 15) is 13.9 Å². The van der Waals surface area contributed by atoms with Crippen LogP contribution in [0, 0.1) is 11.6 Å². The standard InChI is InChI=1S/C18H19F2NO/c1-21-10-9-14(12-5-4-6-13(19)11-12)17(18(21)22)15-7-2-3-8-16(15)20/h2-8,11,14,17-18,22H,9-10H2,1H3/t14?,17-,18+/m0/s1. The molecule has 2 aromatic carbocycles. The second kappa shape index (κ2) is 6.15. The quantitative estimate of drug-likeness (QED) is 0.918. The van der Waals surface area contributed by atoms with Crippen LogP contribution in [0.15, 0.2) is 48.5 Å². The van der Waals surface area contributed by atoms with Crippen molar-refractivity contribution in [1.82, 2.24) is 4.90 Å². The predicted octanol–water partition coefficient (Wildman–Crippen LogP) is 3.49. The minimum absolute atomic E-state index is 0.112. The van der Waals surface area contributed by atoms with Gasteiger partial charge in [0.05, 0.1) is 0 Å². The summed E-state index contributed by atoms with van der Waals surface area (Å²) in [4.78, 5) is 1.81. The first-order valence-electron chi connectivity index (χ1n) is 7.46. The van der Waals surface area contributed by atoms with Gasteiger partial charge in [0.1, 0.15) is 17.9 Å². The van der Waals surface area contributed by atoms with Crippen LogP contribution >= 0.6 is 0 Å². The highest BCUT2D eigenvalue weighted by Gasteiger charge is 2.38. The van der Waals surface area contributed by atoms with E-state index in [1.807, 2.05) is 18.0 Å². The van der Waals surface area contributed by atoms with Crippen molar-refractivity contribution in [2.45, 2.75) is 24.5 Å². The Morgan fingerprint density at radius 1 is 1.09 bits per heavy atom. The number of halogens is 2. The van der Waals surface area contributed by atoms with Crippen LogP contribution in [0.5, 0.6) is 0 Å². The number of nitrogens with zero attached hydrogens (tertiary/aromatic N) is 1. The van der Waals surface area contributed by atoms with Gasteiger partial charge in [-0.2, -0.15) is 0 Å². The third kappa shape index (κ3) is 2.76. The van der Waals surface area contributed by atoms with Crippen LogP contribution in [-0.4, -0.2) is 29.8 Å². The summed E-state index contributed by atoms with van der Waals surface area (Å²) in [7, 11) is 1.82. The molecule has 0 aliphatic carbocycles. The summed E-state index contributed by atoms with van der Waals surface area (Å²) in [6.45, 7) is 0.688. The SMILES string of the molecule is CN1CCC(c2cccc(F)c2)[C@@H](c2ccccc2F)[C@H]1O. The molecule has 1 aliphatic rings. The van der Waals surface area contributed by atoms with Gasteiger partial charge in [-0.05, 0) is 48.7 Å². The van der Waals surface area contributed by atoms with E-state index in [1.165, 1.54) is 18.2 Å². The zero-order valence-electron chi connectivity index (χ0n) is 12.4. The van der Waals surface area contributed by atoms with E-state index >= 15 is 0 Å². The number of benzene rings is 2. The zero-order chi connectivity index (χ0) is 15.7. The average molecular weight is 303 g/mol. The molecule has 4 heteroatoms. The first-order chi connectivity index (χ1) is 10.6. The topological polar surface area (TPSA) is 23.5 Å². The molecule has 0 amide bonds. The van der Waals surface area contributed by atoms with Gasteiger partial charge in [0, 0.05) is 12.5 Å². The lowest BCUT2D eigenvalue weighted by molar-refractivity contribution is -0.0333. The molecule has 116 valence electrons. The largest absolute Gasteiger partial charge is 0.378 e. The molecule has 2 aromatic rings. The Balaban J connectivity index is 2.05. The van der Waals surface area contributed by atoms with Gasteiger partial charge in [0.25, 0.3) is 0 Å². The van der Waals surface area contributed by atoms with Gasteiger partial charge in [-0.1, -0.05) is 30.3 Å². The molecule has 0 radical (unpaired) electrons. The van der Waals surface area contributed by atoms with E-state index in [4.69, 9.17) is 0 Å². The molecule has 1 unspecified atom stereocenters. The zero-order valence-corrected chi connectivity index (χ0v) is 12.4. The molecule has 1 aliphatic heterocycles. The second-order valence-corrected chi connectivity index (χ2v) is 5.89. The first-order valence-corrected chi connectivity index (χ1v) is 7.46. The molecule has 0 saturated carbocycles. The van der Waals surface area contributed by atoms with Gasteiger partial charge in [0.2, 0.25) is 0 Å². The third-order valence-electron chi connectivity index (χ3n) is 4.54. The smallest absolute Gasteiger partial charge is 0.126 e. The van der Waals surface area contributed by atoms with Gasteiger partial charge in [-0.15, -0.1) is 0 Å². The summed E-state index contributed by atoms with van der Waals surface area (Å²) in [5.74, 6) is -1.16. The molecule has 2 nitrogen and oxygen atoms in total. The summed E-state index contributed by atoms with van der Waals surface area (Å²) < 4.78 is 27.8. The number of hydrogen-bond acceptors (Lipinski definition) is 2. The number of piperidine rings is 1. The molecule has 3 rings (SSSR count). The Labute approximate surface area is 129 Å². The Morgan fingerprint density at radius 2 is 1.86 bits per heavy atom. The molecule has 22 heavy (non-hydrogen) atoms. The summed E-state index contributed by atoms with van der Waals surface area (Å²) in [6, 6.07) is 12.9. The molecule has 0 bridgehead atoms. The van der Waals surface area contributed by atoms with Gasteiger partial charge in [0.15, 0.2) is 0 Å². The fraction of sp³-hybridized carbons (Fsp3) is 0.333. The minimum Gasteiger partial charge on any atom is -0.378 e. The lowest BCUT2D eigenvalue weighted by Crippen LogP contribution is -2.45. The number of aliphatic hydroxyl groups is 1. The maximum absolute atomic E-state index is 14.2. The molecule has 1 N–H and O–H groups in total. The Kier molecular flexibility index (Phi) is 4.23. The van der Waals surface area contributed by atoms with E-state index in [0.29, 0.717) is 12.1 Å². The minimum atomic E-state index is -0.793. The highest BCUT2D eigenvalue weighted by atomic mass is 19.1. The van der Waals surface area contributed by atoms with E-state index in [1.54, 1.807) is 24.3 Å². The van der Waals surface area contributed by atoms with Crippen LogP contribution in [0.1, 0.15) is 29.4 Å². The van der Waals surface area contributed by atoms with Crippen molar-refractivity contribution in [2.24, 2.45) is 0 Å². The summed E-state index contributed by atoms with van der Waals surface area (Å²) >= 11 is 0. The van der Waals surface area contributed by atoms with Crippen molar-refractivity contribution >= 4 is 0 Å². The maximum atomic E-state index is 14.2. The molecule has 1 heterocycles. The number of likely N-dealkylation sites (tertiary alicyclic amines) is 1. The van der Waals surface area contributed by atoms with Crippen LogP contribution < -0.4 is 0 Å². The van der Waals surface area contributed by atoms with Crippen molar-refractivity contribution in [1.29, 1.82) is 0 Å². The lowest BCUT2D eigenvalue weighted by Gasteiger charge is -2.41. The lowest BCUT2D eigenvalue weighted by atomic mass is 9.75. The van der Waals surface area contributed by atoms with Crippen molar-refractivity contribution in [3.05, 3.63) is 71.3 Å². The monoisotopic (exact) mass is 303 g/mol. The van der Waals surface area contributed by atoms with Crippen LogP contribution in [-0.2, 0) is 0 Å². The van der Waals surface area contributed by atoms with E-state index in [-0.39, 0.29) is 17.6 Å². The number of aliphatic hydroxyl groups excluding tert-OH is 1. The van der Waals surface area contributed by atoms with Crippen molar-refractivity contribution in [3.63, 3.8) is 0 Å². The molecular formula is C18H19F2NO. The summed E-state index contributed by atoms with van der Waals surface area (Å²) in [5.41, 5.74) is 1.29. The van der Waals surface area contributed by atoms with E-state index in [0.717, 1.165) is 12.0 Å². The molecular weight excluding hydrogens is 284 g/mol. The summed E-state index contributed by atoms with van der Waals surface area (Å²) in [6.07, 6.45) is -0.0466. The molecule has 1 fully saturated rings. The van der Waals surface area contributed by atoms with Gasteiger partial charge in [-0.3, -0.25) is 4.90 Å². The Hall–Kier alpha value is -1.78. The maximum Gasteiger partial charge on any atom is 0.126 e. The van der Waals surface area contributed by atoms with E-state index in [2.05, 4.69) is 0 Å². The number of likely N-dealkylation sites (N-methyl/N-ethyl adjacent to an activating group) is 1. The highest BCUT2D eigenvalue weighted by Crippen LogP contribution is 2.43. The average Bonchev–Trinajstić information content (AvgIpc) is 2.51. The Morgan fingerprint density at radius 3 is 2.59 bits per heavy atom. The van der Waals surface area contributed by atoms with Gasteiger partial charge in [-0.25, -0.2) is 8.78 Å². The second-order valence-electron chi connectivity index (χ2n) is 5.89. The van der Waals surface area contributed by atoms with Crippen LogP contribution in [0.2, 0.25) is 0 Å². The fourth-order valence-corrected chi connectivity index (χ4v) is 3.37. The number of rotatable bonds is 2. The van der Waals surface area contributed by atoms with Crippen molar-refractivity contribution in [3.8, 4) is 0 Å². The van der Waals surface area contributed by atoms with Crippen molar-refractivity contribution in [2.75, 3.05) is 13.6 Å². The van der Waals surface area contributed by atoms with Gasteiger partial charge >= 0.3 is 0 Å². The molecule has 0 aromatic heterocycles. The van der Waals surface area contributed by atoms with Crippen LogP contribution in [0.3, 0.4) is 0 Å². The van der Waals surface area contributed by atoms with Crippen LogP contribution in [0.4, 0.5) is 8.78 Å². The fourth-order valence-electron chi connectivity index (χ4n) is 3.37. The highest BCUT2D eigenvalue weighted by molar-refractivity contribution is 5.32. The number of hydrogen-bond donors (Lipinski definition) is 1. The molecule has 0 spiro atoms. The van der Waals surface area contributed by atoms with Crippen LogP contribution in [0.25, 0.3) is 0 Å². The molecule has 3 atom stereocenters. The van der Waals surface area contributed by atoms with E-state index < -0.39 is 12.1 Å². The van der Waals surface area contributed by atoms with Gasteiger partial charge < -0.3 is 5.11 Å². The normalized spacial score (nSPS) is 26.1.